The first-order valence-corrected chi connectivity index (χ1v) is 11.3. The molecule has 0 aliphatic heterocycles. The lowest BCUT2D eigenvalue weighted by Crippen LogP contribution is -2.43. The summed E-state index contributed by atoms with van der Waals surface area (Å²) in [5.74, 6) is -1.31. The van der Waals surface area contributed by atoms with Crippen LogP contribution in [0.25, 0.3) is 6.08 Å². The molecule has 0 fully saturated rings. The molecule has 1 aromatic carbocycles. The van der Waals surface area contributed by atoms with Crippen molar-refractivity contribution in [2.24, 2.45) is 11.1 Å². The number of guanidine groups is 1. The molecule has 8 heteroatoms. The molecule has 8 nitrogen and oxygen atoms in total. The van der Waals surface area contributed by atoms with Crippen LogP contribution in [0.3, 0.4) is 0 Å². The Labute approximate surface area is 202 Å². The van der Waals surface area contributed by atoms with Crippen molar-refractivity contribution >= 4 is 23.9 Å². The number of allylic oxidation sites excluding steroid dienone is 4. The third kappa shape index (κ3) is 11.9. The number of hydrogen-bond acceptors (Lipinski definition) is 4. The van der Waals surface area contributed by atoms with E-state index in [9.17, 15) is 14.7 Å². The molecule has 6 N–H and O–H groups in total. The Hall–Kier alpha value is -3.55. The van der Waals surface area contributed by atoms with Gasteiger partial charge in [-0.1, -0.05) is 48.9 Å². The first kappa shape index (κ1) is 28.5. The highest BCUT2D eigenvalue weighted by molar-refractivity contribution is 5.84. The number of hydrogen-bond donors (Lipinski definition) is 5. The average molecular weight is 471 g/mol. The monoisotopic (exact) mass is 470 g/mol. The molecule has 0 heterocycles. The predicted molar refractivity (Wildman–Crippen MR) is 137 cm³/mol. The minimum Gasteiger partial charge on any atom is -0.484 e. The molecule has 0 saturated carbocycles. The van der Waals surface area contributed by atoms with Crippen LogP contribution in [0.2, 0.25) is 0 Å². The highest BCUT2D eigenvalue weighted by Gasteiger charge is 2.19. The summed E-state index contributed by atoms with van der Waals surface area (Å²) in [5, 5.41) is 21.4. The summed E-state index contributed by atoms with van der Waals surface area (Å²) >= 11 is 0. The molecule has 0 spiro atoms. The predicted octanol–water partition coefficient (Wildman–Crippen LogP) is 3.85. The van der Waals surface area contributed by atoms with Crippen molar-refractivity contribution in [2.45, 2.75) is 52.5 Å². The SMILES string of the molecule is C=C[C@](C)(/C=C/c1ccc(OCC(=O)N[C@@H](CCCNC(=N)N)C(=O)O)cc1)CCC=C(C)C. The van der Waals surface area contributed by atoms with Gasteiger partial charge in [0, 0.05) is 12.0 Å². The Balaban J connectivity index is 2.56. The van der Waals surface area contributed by atoms with E-state index >= 15 is 0 Å². The van der Waals surface area contributed by atoms with Crippen molar-refractivity contribution in [2.75, 3.05) is 13.2 Å². The van der Waals surface area contributed by atoms with Crippen LogP contribution in [0.4, 0.5) is 0 Å². The van der Waals surface area contributed by atoms with Crippen molar-refractivity contribution in [1.29, 1.82) is 5.41 Å². The number of benzene rings is 1. The molecule has 0 aromatic heterocycles. The maximum Gasteiger partial charge on any atom is 0.326 e. The second kappa shape index (κ2) is 14.6. The Bertz CT molecular complexity index is 889. The maximum atomic E-state index is 12.1. The van der Waals surface area contributed by atoms with Crippen LogP contribution >= 0.6 is 0 Å². The molecule has 1 rings (SSSR count). The molecule has 0 saturated heterocycles. The Kier molecular flexibility index (Phi) is 12.2. The number of amides is 1. The van der Waals surface area contributed by atoms with Gasteiger partial charge in [-0.3, -0.25) is 10.2 Å². The van der Waals surface area contributed by atoms with Gasteiger partial charge in [0.05, 0.1) is 0 Å². The highest BCUT2D eigenvalue weighted by atomic mass is 16.5. The number of nitrogens with one attached hydrogen (secondary N) is 3. The number of carbonyl (C=O) groups excluding carboxylic acids is 1. The number of rotatable bonds is 15. The summed E-state index contributed by atoms with van der Waals surface area (Å²) in [6.45, 7) is 10.4. The van der Waals surface area contributed by atoms with Gasteiger partial charge in [-0.2, -0.15) is 0 Å². The lowest BCUT2D eigenvalue weighted by atomic mass is 9.84. The van der Waals surface area contributed by atoms with Gasteiger partial charge in [0.1, 0.15) is 11.8 Å². The fourth-order valence-corrected chi connectivity index (χ4v) is 3.06. The molecule has 1 amide bonds. The third-order valence-corrected chi connectivity index (χ3v) is 5.23. The van der Waals surface area contributed by atoms with Gasteiger partial charge < -0.3 is 26.2 Å². The zero-order chi connectivity index (χ0) is 25.6. The Morgan fingerprint density at radius 3 is 2.53 bits per heavy atom. The second-order valence-electron chi connectivity index (χ2n) is 8.66. The van der Waals surface area contributed by atoms with Crippen LogP contribution in [0.1, 0.15) is 52.0 Å². The molecule has 0 aliphatic rings. The van der Waals surface area contributed by atoms with Gasteiger partial charge in [-0.25, -0.2) is 4.79 Å². The number of ether oxygens (including phenoxy) is 1. The van der Waals surface area contributed by atoms with Crippen molar-refractivity contribution in [3.63, 3.8) is 0 Å². The minimum atomic E-state index is -1.13. The van der Waals surface area contributed by atoms with Crippen LogP contribution in [-0.2, 0) is 9.59 Å². The molecule has 2 atom stereocenters. The van der Waals surface area contributed by atoms with Crippen LogP contribution in [0.15, 0.2) is 54.6 Å². The highest BCUT2D eigenvalue weighted by Crippen LogP contribution is 2.28. The second-order valence-corrected chi connectivity index (χ2v) is 8.66. The number of carboxylic acid groups (broad SMARTS) is 1. The summed E-state index contributed by atoms with van der Waals surface area (Å²) in [5.41, 5.74) is 7.38. The first-order valence-electron chi connectivity index (χ1n) is 11.3. The minimum absolute atomic E-state index is 0.109. The van der Waals surface area contributed by atoms with Gasteiger partial charge in [-0.15, -0.1) is 6.58 Å². The van der Waals surface area contributed by atoms with Crippen LogP contribution in [0, 0.1) is 10.8 Å². The molecule has 0 unspecified atom stereocenters. The standard InChI is InChI=1S/C26H38N4O4/c1-5-26(4,15-6-8-19(2)3)16-14-20-10-12-21(13-11-20)34-18-23(31)30-22(24(32)33)9-7-17-29-25(27)28/h5,8,10-14,16,22H,1,6-7,9,15,17-18H2,2-4H3,(H,30,31)(H,32,33)(H4,27,28,29)/b16-14+/t22-,26-/m0/s1. The number of nitrogens with two attached hydrogens (primary N) is 1. The first-order chi connectivity index (χ1) is 16.0. The van der Waals surface area contributed by atoms with Gasteiger partial charge in [0.15, 0.2) is 12.6 Å². The van der Waals surface area contributed by atoms with E-state index in [1.807, 2.05) is 24.3 Å². The number of carboxylic acids is 1. The summed E-state index contributed by atoms with van der Waals surface area (Å²) in [6, 6.07) is 6.29. The zero-order valence-electron chi connectivity index (χ0n) is 20.4. The summed E-state index contributed by atoms with van der Waals surface area (Å²) in [6.07, 6.45) is 11.0. The molecule has 0 bridgehead atoms. The van der Waals surface area contributed by atoms with Crippen molar-refractivity contribution in [3.05, 3.63) is 60.2 Å². The molecule has 186 valence electrons. The lowest BCUT2D eigenvalue weighted by Gasteiger charge is -2.20. The van der Waals surface area contributed by atoms with Crippen molar-refractivity contribution < 1.29 is 19.4 Å². The largest absolute Gasteiger partial charge is 0.484 e. The van der Waals surface area contributed by atoms with E-state index in [0.717, 1.165) is 18.4 Å². The summed E-state index contributed by atoms with van der Waals surface area (Å²) in [4.78, 5) is 23.5. The van der Waals surface area contributed by atoms with Crippen LogP contribution in [-0.4, -0.2) is 42.1 Å². The smallest absolute Gasteiger partial charge is 0.326 e. The molecule has 0 aliphatic carbocycles. The molecular formula is C26H38N4O4. The maximum absolute atomic E-state index is 12.1. The lowest BCUT2D eigenvalue weighted by molar-refractivity contribution is -0.142. The van der Waals surface area contributed by atoms with E-state index in [1.165, 1.54) is 5.57 Å². The zero-order valence-corrected chi connectivity index (χ0v) is 20.4. The quantitative estimate of drug-likeness (QED) is 0.114. The van der Waals surface area contributed by atoms with Crippen LogP contribution < -0.4 is 21.1 Å². The molecular weight excluding hydrogens is 432 g/mol. The van der Waals surface area contributed by atoms with Crippen molar-refractivity contribution in [3.8, 4) is 5.75 Å². The molecule has 1 aromatic rings. The number of aliphatic carboxylic acids is 1. The van der Waals surface area contributed by atoms with E-state index in [2.05, 4.69) is 50.1 Å². The Morgan fingerprint density at radius 2 is 1.97 bits per heavy atom. The summed E-state index contributed by atoms with van der Waals surface area (Å²) in [7, 11) is 0. The van der Waals surface area contributed by atoms with Gasteiger partial charge in [-0.05, 0) is 57.2 Å². The molecule has 34 heavy (non-hydrogen) atoms. The van der Waals surface area contributed by atoms with E-state index in [4.69, 9.17) is 15.9 Å². The topological polar surface area (TPSA) is 138 Å². The van der Waals surface area contributed by atoms with E-state index < -0.39 is 17.9 Å². The van der Waals surface area contributed by atoms with E-state index in [0.29, 0.717) is 18.7 Å². The normalized spacial score (nSPS) is 13.4. The van der Waals surface area contributed by atoms with Gasteiger partial charge >= 0.3 is 5.97 Å². The van der Waals surface area contributed by atoms with Crippen LogP contribution in [0.5, 0.6) is 5.75 Å². The number of carbonyl (C=O) groups is 2. The van der Waals surface area contributed by atoms with Gasteiger partial charge in [0.2, 0.25) is 0 Å². The van der Waals surface area contributed by atoms with E-state index in [1.54, 1.807) is 12.1 Å². The van der Waals surface area contributed by atoms with E-state index in [-0.39, 0.29) is 24.4 Å². The Morgan fingerprint density at radius 1 is 1.29 bits per heavy atom. The molecule has 0 radical (unpaired) electrons. The van der Waals surface area contributed by atoms with Crippen molar-refractivity contribution in [1.82, 2.24) is 10.6 Å². The summed E-state index contributed by atoms with van der Waals surface area (Å²) < 4.78 is 5.49. The fraction of sp³-hybridized carbons (Fsp3) is 0.423. The van der Waals surface area contributed by atoms with Gasteiger partial charge in [0.25, 0.3) is 5.91 Å². The fourth-order valence-electron chi connectivity index (χ4n) is 3.06. The third-order valence-electron chi connectivity index (χ3n) is 5.23. The average Bonchev–Trinajstić information content (AvgIpc) is 2.78.